The third-order valence-corrected chi connectivity index (χ3v) is 8.78. The number of aryl methyl sites for hydroxylation is 2. The monoisotopic (exact) mass is 549 g/mol. The second-order valence-corrected chi connectivity index (χ2v) is 12.1. The van der Waals surface area contributed by atoms with Crippen molar-refractivity contribution in [1.29, 1.82) is 0 Å². The van der Waals surface area contributed by atoms with Crippen LogP contribution in [-0.2, 0) is 32.6 Å². The predicted octanol–water partition coefficient (Wildman–Crippen LogP) is 4.48. The maximum absolute atomic E-state index is 13.9. The molecule has 2 amide bonds. The number of amides is 2. The average molecular weight is 550 g/mol. The Bertz CT molecular complexity index is 1360. The summed E-state index contributed by atoms with van der Waals surface area (Å²) < 4.78 is 27.6. The first-order valence-corrected chi connectivity index (χ1v) is 14.7. The van der Waals surface area contributed by atoms with E-state index in [1.54, 1.807) is 12.1 Å². The van der Waals surface area contributed by atoms with Crippen molar-refractivity contribution in [1.82, 2.24) is 14.5 Å². The van der Waals surface area contributed by atoms with Crippen LogP contribution in [0.1, 0.15) is 42.5 Å². The molecule has 3 rings (SSSR count). The molecule has 0 aliphatic heterocycles. The molecule has 0 radical (unpaired) electrons. The summed E-state index contributed by atoms with van der Waals surface area (Å²) in [6, 6.07) is 22.9. The highest BCUT2D eigenvalue weighted by Crippen LogP contribution is 2.20. The largest absolute Gasteiger partial charge is 0.352 e. The Morgan fingerprint density at radius 3 is 2.13 bits per heavy atom. The molecule has 0 heterocycles. The van der Waals surface area contributed by atoms with Gasteiger partial charge in [-0.15, -0.1) is 0 Å². The van der Waals surface area contributed by atoms with Crippen molar-refractivity contribution >= 4 is 21.8 Å². The lowest BCUT2D eigenvalue weighted by atomic mass is 10.0. The van der Waals surface area contributed by atoms with E-state index in [1.807, 2.05) is 82.3 Å². The molecule has 0 aromatic heterocycles. The minimum atomic E-state index is -3.91. The van der Waals surface area contributed by atoms with Gasteiger partial charge in [0.05, 0.1) is 11.4 Å². The molecular formula is C31H39N3O4S. The van der Waals surface area contributed by atoms with E-state index in [2.05, 4.69) is 5.32 Å². The van der Waals surface area contributed by atoms with Gasteiger partial charge in [-0.3, -0.25) is 9.59 Å². The summed E-state index contributed by atoms with van der Waals surface area (Å²) in [5, 5.41) is 3.04. The number of sulfonamides is 1. The third kappa shape index (κ3) is 8.00. The number of likely N-dealkylation sites (N-methyl/N-ethyl adjacent to an activating group) is 1. The fraction of sp³-hybridized carbons (Fsp3) is 0.355. The Hall–Kier alpha value is -3.49. The van der Waals surface area contributed by atoms with Crippen molar-refractivity contribution in [3.05, 3.63) is 101 Å². The molecule has 7 nitrogen and oxygen atoms in total. The molecule has 0 spiro atoms. The van der Waals surface area contributed by atoms with Gasteiger partial charge >= 0.3 is 0 Å². The first-order chi connectivity index (χ1) is 18.5. The van der Waals surface area contributed by atoms with Crippen molar-refractivity contribution in [3.63, 3.8) is 0 Å². The molecule has 3 aromatic carbocycles. The first kappa shape index (κ1) is 30.1. The Balaban J connectivity index is 1.99. The van der Waals surface area contributed by atoms with Crippen LogP contribution in [0.5, 0.6) is 0 Å². The molecule has 2 atom stereocenters. The van der Waals surface area contributed by atoms with Crippen LogP contribution in [0, 0.1) is 13.8 Å². The fourth-order valence-corrected chi connectivity index (χ4v) is 5.34. The lowest BCUT2D eigenvalue weighted by Gasteiger charge is -2.33. The summed E-state index contributed by atoms with van der Waals surface area (Å²) in [5.74, 6) is -0.712. The lowest BCUT2D eigenvalue weighted by Crippen LogP contribution is -2.54. The van der Waals surface area contributed by atoms with Gasteiger partial charge in [-0.25, -0.2) is 8.42 Å². The van der Waals surface area contributed by atoms with Crippen LogP contribution < -0.4 is 5.32 Å². The van der Waals surface area contributed by atoms with E-state index in [4.69, 9.17) is 0 Å². The van der Waals surface area contributed by atoms with E-state index >= 15 is 0 Å². The van der Waals surface area contributed by atoms with Gasteiger partial charge < -0.3 is 10.2 Å². The summed E-state index contributed by atoms with van der Waals surface area (Å²) in [4.78, 5) is 29.2. The van der Waals surface area contributed by atoms with Gasteiger partial charge in [-0.05, 0) is 56.0 Å². The van der Waals surface area contributed by atoms with Crippen LogP contribution in [0.15, 0.2) is 83.8 Å². The van der Waals surface area contributed by atoms with E-state index in [-0.39, 0.29) is 23.4 Å². The van der Waals surface area contributed by atoms with Gasteiger partial charge in [0.2, 0.25) is 21.8 Å². The summed E-state index contributed by atoms with van der Waals surface area (Å²) in [5.41, 5.74) is 3.72. The van der Waals surface area contributed by atoms with Gasteiger partial charge in [0, 0.05) is 26.1 Å². The summed E-state index contributed by atoms with van der Waals surface area (Å²) in [6.07, 6.45) is 1.04. The molecule has 0 fully saturated rings. The number of carbonyl (C=O) groups excluding carboxylic acids is 2. The summed E-state index contributed by atoms with van der Waals surface area (Å²) >= 11 is 0. The van der Waals surface area contributed by atoms with Gasteiger partial charge in [-0.2, -0.15) is 4.31 Å². The highest BCUT2D eigenvalue weighted by molar-refractivity contribution is 7.89. The van der Waals surface area contributed by atoms with Gasteiger partial charge in [0.1, 0.15) is 6.04 Å². The molecule has 208 valence electrons. The zero-order chi connectivity index (χ0) is 28.6. The van der Waals surface area contributed by atoms with Crippen molar-refractivity contribution in [3.8, 4) is 0 Å². The number of hydrogen-bond donors (Lipinski definition) is 1. The van der Waals surface area contributed by atoms with Crippen molar-refractivity contribution in [2.45, 2.75) is 64.1 Å². The average Bonchev–Trinajstić information content (AvgIpc) is 2.92. The van der Waals surface area contributed by atoms with Crippen LogP contribution in [0.2, 0.25) is 0 Å². The van der Waals surface area contributed by atoms with E-state index in [1.165, 1.54) is 24.1 Å². The van der Waals surface area contributed by atoms with Crippen LogP contribution in [0.3, 0.4) is 0 Å². The SMILES string of the molecule is CC[C@H](C)NC(=O)[C@H](Cc1ccccc1)N(Cc1ccccc1C)C(=O)CN(C)S(=O)(=O)c1ccc(C)cc1. The van der Waals surface area contributed by atoms with Gasteiger partial charge in [0.25, 0.3) is 0 Å². The molecule has 0 bridgehead atoms. The molecule has 0 saturated heterocycles. The second-order valence-electron chi connectivity index (χ2n) is 10.0. The predicted molar refractivity (Wildman–Crippen MR) is 155 cm³/mol. The third-order valence-electron chi connectivity index (χ3n) is 6.96. The molecule has 0 aliphatic carbocycles. The fourth-order valence-electron chi connectivity index (χ4n) is 4.22. The zero-order valence-electron chi connectivity index (χ0n) is 23.4. The van der Waals surface area contributed by atoms with Crippen LogP contribution in [0.25, 0.3) is 0 Å². The van der Waals surface area contributed by atoms with Crippen LogP contribution in [0.4, 0.5) is 0 Å². The number of rotatable bonds is 12. The number of carbonyl (C=O) groups is 2. The quantitative estimate of drug-likeness (QED) is 0.361. The van der Waals surface area contributed by atoms with E-state index < -0.39 is 28.5 Å². The van der Waals surface area contributed by atoms with Crippen LogP contribution in [-0.4, -0.2) is 55.1 Å². The maximum Gasteiger partial charge on any atom is 0.243 e. The Morgan fingerprint density at radius 1 is 0.897 bits per heavy atom. The standard InChI is InChI=1S/C31H39N3O4S/c1-6-25(4)32-31(36)29(20-26-13-8-7-9-14-26)34(21-27-15-11-10-12-24(27)3)30(35)22-33(5)39(37,38)28-18-16-23(2)17-19-28/h7-19,25,29H,6,20-22H2,1-5H3,(H,32,36)/t25-,29-/m0/s1. The molecule has 1 N–H and O–H groups in total. The minimum absolute atomic E-state index is 0.0734. The highest BCUT2D eigenvalue weighted by atomic mass is 32.2. The van der Waals surface area contributed by atoms with E-state index in [0.29, 0.717) is 6.42 Å². The second kappa shape index (κ2) is 13.5. The van der Waals surface area contributed by atoms with Crippen molar-refractivity contribution in [2.24, 2.45) is 0 Å². The zero-order valence-corrected chi connectivity index (χ0v) is 24.2. The molecule has 8 heteroatoms. The van der Waals surface area contributed by atoms with E-state index in [0.717, 1.165) is 33.0 Å². The van der Waals surface area contributed by atoms with Gasteiger partial charge in [-0.1, -0.05) is 79.2 Å². The molecule has 39 heavy (non-hydrogen) atoms. The topological polar surface area (TPSA) is 86.8 Å². The highest BCUT2D eigenvalue weighted by Gasteiger charge is 2.33. The Labute approximate surface area is 232 Å². The Kier molecular flexibility index (Phi) is 10.4. The lowest BCUT2D eigenvalue weighted by molar-refractivity contribution is -0.141. The van der Waals surface area contributed by atoms with Crippen molar-refractivity contribution in [2.75, 3.05) is 13.6 Å². The normalized spacial score (nSPS) is 13.1. The maximum atomic E-state index is 13.9. The molecule has 3 aromatic rings. The molecule has 0 saturated carbocycles. The Morgan fingerprint density at radius 2 is 1.51 bits per heavy atom. The minimum Gasteiger partial charge on any atom is -0.352 e. The van der Waals surface area contributed by atoms with Crippen LogP contribution >= 0.6 is 0 Å². The molecular weight excluding hydrogens is 510 g/mol. The number of hydrogen-bond acceptors (Lipinski definition) is 4. The number of nitrogens with one attached hydrogen (secondary N) is 1. The first-order valence-electron chi connectivity index (χ1n) is 13.2. The number of benzene rings is 3. The molecule has 0 aliphatic rings. The number of nitrogens with zero attached hydrogens (tertiary/aromatic N) is 2. The van der Waals surface area contributed by atoms with Crippen molar-refractivity contribution < 1.29 is 18.0 Å². The smallest absolute Gasteiger partial charge is 0.243 e. The summed E-state index contributed by atoms with van der Waals surface area (Å²) in [7, 11) is -2.51. The molecule has 0 unspecified atom stereocenters. The summed E-state index contributed by atoms with van der Waals surface area (Å²) in [6.45, 7) is 7.52. The van der Waals surface area contributed by atoms with E-state index in [9.17, 15) is 18.0 Å². The van der Waals surface area contributed by atoms with Gasteiger partial charge in [0.15, 0.2) is 0 Å².